The van der Waals surface area contributed by atoms with Gasteiger partial charge in [-0.05, 0) is 23.6 Å². The summed E-state index contributed by atoms with van der Waals surface area (Å²) in [5, 5.41) is 8.56. The van der Waals surface area contributed by atoms with Crippen LogP contribution in [0.25, 0.3) is 0 Å². The van der Waals surface area contributed by atoms with E-state index in [1.165, 1.54) is 6.20 Å². The van der Waals surface area contributed by atoms with E-state index in [-0.39, 0.29) is 18.0 Å². The summed E-state index contributed by atoms with van der Waals surface area (Å²) in [5.41, 5.74) is 1.30. The summed E-state index contributed by atoms with van der Waals surface area (Å²) < 4.78 is 25.1. The van der Waals surface area contributed by atoms with Crippen molar-refractivity contribution in [1.82, 2.24) is 4.98 Å². The number of hydrogen-bond donors (Lipinski definition) is 0. The fourth-order valence-electron chi connectivity index (χ4n) is 1.33. The Morgan fingerprint density at radius 2 is 2.27 bits per heavy atom. The van der Waals surface area contributed by atoms with Gasteiger partial charge in [-0.25, -0.2) is 8.78 Å². The van der Waals surface area contributed by atoms with Gasteiger partial charge in [0.1, 0.15) is 5.69 Å². The molecule has 1 aromatic rings. The van der Waals surface area contributed by atoms with E-state index in [0.717, 1.165) is 0 Å². The Bertz CT molecular complexity index is 399. The number of alkyl halides is 3. The molecule has 0 saturated carbocycles. The van der Waals surface area contributed by atoms with Crippen molar-refractivity contribution < 1.29 is 8.78 Å². The fourth-order valence-corrected chi connectivity index (χ4v) is 1.60. The van der Waals surface area contributed by atoms with E-state index >= 15 is 0 Å². The molecule has 0 aliphatic heterocycles. The summed E-state index contributed by atoms with van der Waals surface area (Å²) in [4.78, 5) is 3.64. The van der Waals surface area contributed by atoms with Gasteiger partial charge in [0.2, 0.25) is 0 Å². The van der Waals surface area contributed by atoms with E-state index in [2.05, 4.69) is 4.98 Å². The van der Waals surface area contributed by atoms with Gasteiger partial charge in [-0.15, -0.1) is 11.6 Å². The second-order valence-electron chi connectivity index (χ2n) is 3.04. The number of rotatable bonds is 3. The molecule has 0 unspecified atom stereocenters. The molecular formula is C10H9ClF2N2. The van der Waals surface area contributed by atoms with Crippen molar-refractivity contribution in [3.05, 3.63) is 28.6 Å². The number of aromatic nitrogens is 1. The van der Waals surface area contributed by atoms with Crippen LogP contribution in [-0.2, 0) is 12.3 Å². The van der Waals surface area contributed by atoms with Gasteiger partial charge < -0.3 is 0 Å². The third-order valence-corrected chi connectivity index (χ3v) is 2.50. The van der Waals surface area contributed by atoms with Crippen molar-refractivity contribution in [2.24, 2.45) is 0 Å². The number of nitrogens with zero attached hydrogens (tertiary/aromatic N) is 2. The molecule has 0 bridgehead atoms. The molecule has 1 heterocycles. The molecule has 0 atom stereocenters. The largest absolute Gasteiger partial charge is 0.280 e. The first-order valence-electron chi connectivity index (χ1n) is 4.30. The van der Waals surface area contributed by atoms with Crippen LogP contribution in [0.4, 0.5) is 8.78 Å². The van der Waals surface area contributed by atoms with Crippen LogP contribution < -0.4 is 0 Å². The maximum atomic E-state index is 12.6. The van der Waals surface area contributed by atoms with Gasteiger partial charge in [0.05, 0.1) is 12.5 Å². The van der Waals surface area contributed by atoms with Crippen LogP contribution in [0, 0.1) is 18.3 Å². The summed E-state index contributed by atoms with van der Waals surface area (Å²) in [6.45, 7) is 1.68. The normalized spacial score (nSPS) is 10.4. The summed E-state index contributed by atoms with van der Waals surface area (Å²) in [6, 6.07) is 1.85. The highest BCUT2D eigenvalue weighted by molar-refractivity contribution is 6.17. The predicted molar refractivity (Wildman–Crippen MR) is 52.8 cm³/mol. The maximum Gasteiger partial charge on any atom is 0.280 e. The molecule has 5 heteroatoms. The van der Waals surface area contributed by atoms with Gasteiger partial charge >= 0.3 is 0 Å². The first-order chi connectivity index (χ1) is 7.11. The van der Waals surface area contributed by atoms with Crippen molar-refractivity contribution in [1.29, 1.82) is 5.26 Å². The number of hydrogen-bond acceptors (Lipinski definition) is 2. The molecule has 0 saturated heterocycles. The molecule has 0 aliphatic rings. The molecule has 0 N–H and O–H groups in total. The Kier molecular flexibility index (Phi) is 3.98. The lowest BCUT2D eigenvalue weighted by atomic mass is 10.0. The first kappa shape index (κ1) is 11.9. The van der Waals surface area contributed by atoms with Crippen LogP contribution >= 0.6 is 11.6 Å². The van der Waals surface area contributed by atoms with Gasteiger partial charge in [0.25, 0.3) is 6.43 Å². The molecule has 0 aliphatic carbocycles. The van der Waals surface area contributed by atoms with Crippen molar-refractivity contribution in [2.75, 3.05) is 0 Å². The number of nitriles is 1. The number of halogens is 3. The Morgan fingerprint density at radius 3 is 2.73 bits per heavy atom. The average Bonchev–Trinajstić information content (AvgIpc) is 2.20. The van der Waals surface area contributed by atoms with Gasteiger partial charge in [-0.3, -0.25) is 4.98 Å². The van der Waals surface area contributed by atoms with Crippen LogP contribution in [0.3, 0.4) is 0 Å². The minimum absolute atomic E-state index is 0.0662. The van der Waals surface area contributed by atoms with E-state index in [4.69, 9.17) is 16.9 Å². The lowest BCUT2D eigenvalue weighted by Gasteiger charge is -2.11. The maximum absolute atomic E-state index is 12.6. The molecule has 0 spiro atoms. The van der Waals surface area contributed by atoms with Crippen LogP contribution in [-0.4, -0.2) is 4.98 Å². The lowest BCUT2D eigenvalue weighted by Crippen LogP contribution is -2.03. The van der Waals surface area contributed by atoms with Crippen molar-refractivity contribution in [2.45, 2.75) is 25.7 Å². The minimum atomic E-state index is -2.66. The molecule has 2 nitrogen and oxygen atoms in total. The first-order valence-corrected chi connectivity index (χ1v) is 4.83. The van der Waals surface area contributed by atoms with Crippen molar-refractivity contribution in [3.8, 4) is 6.07 Å². The standard InChI is InChI=1S/C10H9ClF2N2/c1-6-7(4-11)5-15-9(10(12)13)8(6)2-3-14/h5,10H,2,4H2,1H3. The minimum Gasteiger partial charge on any atom is -0.255 e. The molecule has 0 aromatic carbocycles. The van der Waals surface area contributed by atoms with E-state index < -0.39 is 6.43 Å². The predicted octanol–water partition coefficient (Wildman–Crippen LogP) is 3.13. The van der Waals surface area contributed by atoms with Crippen LogP contribution in [0.1, 0.15) is 28.8 Å². The monoisotopic (exact) mass is 230 g/mol. The van der Waals surface area contributed by atoms with Gasteiger partial charge in [-0.2, -0.15) is 5.26 Å². The quantitative estimate of drug-likeness (QED) is 0.748. The summed E-state index contributed by atoms with van der Waals surface area (Å²) in [7, 11) is 0. The van der Waals surface area contributed by atoms with Crippen LogP contribution in [0.2, 0.25) is 0 Å². The third kappa shape index (κ3) is 2.42. The van der Waals surface area contributed by atoms with Crippen molar-refractivity contribution >= 4 is 11.6 Å². The Morgan fingerprint density at radius 1 is 1.60 bits per heavy atom. The molecule has 1 rings (SSSR count). The zero-order valence-electron chi connectivity index (χ0n) is 8.10. The van der Waals surface area contributed by atoms with E-state index in [1.807, 2.05) is 6.07 Å². The Labute approximate surface area is 91.5 Å². The summed E-state index contributed by atoms with van der Waals surface area (Å²) in [6.07, 6.45) is -1.38. The van der Waals surface area contributed by atoms with Crippen molar-refractivity contribution in [3.63, 3.8) is 0 Å². The molecule has 80 valence electrons. The summed E-state index contributed by atoms with van der Waals surface area (Å²) >= 11 is 5.63. The molecule has 0 amide bonds. The van der Waals surface area contributed by atoms with Crippen LogP contribution in [0.15, 0.2) is 6.20 Å². The van der Waals surface area contributed by atoms with E-state index in [9.17, 15) is 8.78 Å². The van der Waals surface area contributed by atoms with E-state index in [1.54, 1.807) is 6.92 Å². The molecule has 0 radical (unpaired) electrons. The van der Waals surface area contributed by atoms with Gasteiger partial charge in [-0.1, -0.05) is 0 Å². The number of pyridine rings is 1. The SMILES string of the molecule is Cc1c(CCl)cnc(C(F)F)c1CC#N. The second-order valence-corrected chi connectivity index (χ2v) is 3.31. The highest BCUT2D eigenvalue weighted by Gasteiger charge is 2.18. The smallest absolute Gasteiger partial charge is 0.255 e. The lowest BCUT2D eigenvalue weighted by molar-refractivity contribution is 0.145. The van der Waals surface area contributed by atoms with Gasteiger partial charge in [0, 0.05) is 12.1 Å². The fraction of sp³-hybridized carbons (Fsp3) is 0.400. The highest BCUT2D eigenvalue weighted by Crippen LogP contribution is 2.26. The highest BCUT2D eigenvalue weighted by atomic mass is 35.5. The average molecular weight is 231 g/mol. The molecule has 1 aromatic heterocycles. The van der Waals surface area contributed by atoms with Crippen LogP contribution in [0.5, 0.6) is 0 Å². The van der Waals surface area contributed by atoms with E-state index in [0.29, 0.717) is 16.7 Å². The molecule has 15 heavy (non-hydrogen) atoms. The molecular weight excluding hydrogens is 222 g/mol. The second kappa shape index (κ2) is 5.04. The Hall–Kier alpha value is -1.21. The Balaban J connectivity index is 3.32. The molecule has 0 fully saturated rings. The zero-order valence-corrected chi connectivity index (χ0v) is 8.85. The topological polar surface area (TPSA) is 36.7 Å². The third-order valence-electron chi connectivity index (χ3n) is 2.21. The summed E-state index contributed by atoms with van der Waals surface area (Å²) in [5.74, 6) is 0.209. The zero-order chi connectivity index (χ0) is 11.4. The van der Waals surface area contributed by atoms with Gasteiger partial charge in [0.15, 0.2) is 0 Å².